The van der Waals surface area contributed by atoms with Crippen LogP contribution in [-0.4, -0.2) is 36.3 Å². The third-order valence-corrected chi connectivity index (χ3v) is 11.6. The Bertz CT molecular complexity index is 1150. The minimum absolute atomic E-state index is 0.217. The van der Waals surface area contributed by atoms with Crippen molar-refractivity contribution in [1.29, 1.82) is 0 Å². The Morgan fingerprint density at radius 1 is 0.294 bits per heavy atom. The van der Waals surface area contributed by atoms with Gasteiger partial charge in [0.1, 0.15) is 0 Å². The van der Waals surface area contributed by atoms with E-state index in [0.29, 0.717) is 22.3 Å². The van der Waals surface area contributed by atoms with Crippen molar-refractivity contribution in [1.82, 2.24) is 0 Å². The minimum atomic E-state index is -4.44. The molecule has 1 heterocycles. The first kappa shape index (κ1) is 22.4. The number of hydrogen-bond acceptors (Lipinski definition) is 4. The molecule has 5 rings (SSSR count). The highest BCUT2D eigenvalue weighted by Gasteiger charge is 2.58. The first-order valence-corrected chi connectivity index (χ1v) is 14.8. The lowest BCUT2D eigenvalue weighted by Gasteiger charge is -2.40. The van der Waals surface area contributed by atoms with Crippen LogP contribution in [0, 0.1) is 0 Å². The lowest BCUT2D eigenvalue weighted by molar-refractivity contribution is 0.394. The van der Waals surface area contributed by atoms with Crippen LogP contribution in [0.4, 0.5) is 0 Å². The monoisotopic (exact) mass is 480 g/mol. The molecule has 0 radical (unpaired) electrons. The number of benzene rings is 4. The average Bonchev–Trinajstić information content (AvgIpc) is 2.86. The van der Waals surface area contributed by atoms with Gasteiger partial charge >= 0.3 is 17.1 Å². The van der Waals surface area contributed by atoms with E-state index in [1.807, 2.05) is 72.8 Å². The van der Waals surface area contributed by atoms with E-state index in [4.69, 9.17) is 0 Å². The quantitative estimate of drug-likeness (QED) is 0.330. The summed E-state index contributed by atoms with van der Waals surface area (Å²) < 4.78 is 0. The average molecular weight is 481 g/mol. The maximum Gasteiger partial charge on any atom is 0.403 e. The van der Waals surface area contributed by atoms with Gasteiger partial charge in [0.2, 0.25) is 0 Å². The standard InChI is InChI=1S/C28H24O4Si2/c29-33(30)25(21-13-5-1-6-14-21)26(22-15-7-2-8-16-22)34(31,32)28(24-19-11-4-12-20-24)27(33)23-17-9-3-10-18-23/h1-20,29-32H. The number of rotatable bonds is 4. The molecule has 4 nitrogen and oxygen atoms in total. The molecule has 168 valence electrons. The molecular weight excluding hydrogens is 456 g/mol. The summed E-state index contributed by atoms with van der Waals surface area (Å²) in [6.07, 6.45) is 0. The molecule has 0 fully saturated rings. The van der Waals surface area contributed by atoms with E-state index in [1.165, 1.54) is 0 Å². The summed E-state index contributed by atoms with van der Waals surface area (Å²) in [5, 5.41) is 0.869. The second kappa shape index (κ2) is 8.77. The Morgan fingerprint density at radius 3 is 0.647 bits per heavy atom. The Kier molecular flexibility index (Phi) is 5.79. The summed E-state index contributed by atoms with van der Waals surface area (Å²) in [6, 6.07) is 36.2. The summed E-state index contributed by atoms with van der Waals surface area (Å²) in [4.78, 5) is 48.3. The predicted octanol–water partition coefficient (Wildman–Crippen LogP) is 4.23. The van der Waals surface area contributed by atoms with E-state index in [-0.39, 0.29) is 20.8 Å². The third kappa shape index (κ3) is 3.72. The van der Waals surface area contributed by atoms with Crippen molar-refractivity contribution in [2.75, 3.05) is 0 Å². The maximum atomic E-state index is 12.1. The highest BCUT2D eigenvalue weighted by atomic mass is 28.4. The fourth-order valence-corrected chi connectivity index (χ4v) is 11.6. The first-order valence-electron chi connectivity index (χ1n) is 11.0. The van der Waals surface area contributed by atoms with E-state index in [2.05, 4.69) is 0 Å². The van der Waals surface area contributed by atoms with E-state index in [1.54, 1.807) is 48.5 Å². The molecule has 6 heteroatoms. The lowest BCUT2D eigenvalue weighted by atomic mass is 10.1. The Morgan fingerprint density at radius 2 is 0.471 bits per heavy atom. The van der Waals surface area contributed by atoms with Crippen LogP contribution in [0.25, 0.3) is 20.8 Å². The molecule has 0 atom stereocenters. The Balaban J connectivity index is 1.94. The van der Waals surface area contributed by atoms with Crippen molar-refractivity contribution in [3.8, 4) is 0 Å². The van der Waals surface area contributed by atoms with Gasteiger partial charge in [0.05, 0.1) is 0 Å². The second-order valence-corrected chi connectivity index (χ2v) is 13.0. The van der Waals surface area contributed by atoms with Crippen LogP contribution < -0.4 is 0 Å². The van der Waals surface area contributed by atoms with Crippen molar-refractivity contribution in [3.63, 3.8) is 0 Å². The van der Waals surface area contributed by atoms with Crippen LogP contribution in [0.5, 0.6) is 0 Å². The molecule has 0 amide bonds. The second-order valence-electron chi connectivity index (χ2n) is 8.31. The molecule has 0 bridgehead atoms. The molecule has 4 aromatic carbocycles. The normalized spacial score (nSPS) is 17.1. The van der Waals surface area contributed by atoms with Gasteiger partial charge in [-0.1, -0.05) is 121 Å². The Hall–Kier alpha value is -3.37. The van der Waals surface area contributed by atoms with Crippen LogP contribution in [0.2, 0.25) is 0 Å². The SMILES string of the molecule is O[Si]1(O)C(c2ccccc2)=C(c2ccccc2)[Si](O)(O)C(c2ccccc2)=C1c1ccccc1. The molecule has 4 aromatic rings. The van der Waals surface area contributed by atoms with Crippen molar-refractivity contribution in [2.45, 2.75) is 0 Å². The predicted molar refractivity (Wildman–Crippen MR) is 140 cm³/mol. The minimum Gasteiger partial charge on any atom is -0.404 e. The summed E-state index contributed by atoms with van der Waals surface area (Å²) in [6.45, 7) is 0. The van der Waals surface area contributed by atoms with Gasteiger partial charge in [-0.2, -0.15) is 0 Å². The van der Waals surface area contributed by atoms with Crippen LogP contribution in [0.1, 0.15) is 22.3 Å². The van der Waals surface area contributed by atoms with Gasteiger partial charge in [-0.15, -0.1) is 0 Å². The maximum absolute atomic E-state index is 12.1. The zero-order valence-electron chi connectivity index (χ0n) is 18.3. The lowest BCUT2D eigenvalue weighted by Crippen LogP contribution is -2.52. The van der Waals surface area contributed by atoms with Gasteiger partial charge < -0.3 is 19.2 Å². The van der Waals surface area contributed by atoms with Crippen molar-refractivity contribution < 1.29 is 19.2 Å². The zero-order valence-corrected chi connectivity index (χ0v) is 20.3. The van der Waals surface area contributed by atoms with E-state index in [9.17, 15) is 19.2 Å². The molecule has 1 aliphatic heterocycles. The number of hydrogen-bond donors (Lipinski definition) is 4. The van der Waals surface area contributed by atoms with Gasteiger partial charge in [-0.25, -0.2) is 0 Å². The fraction of sp³-hybridized carbons (Fsp3) is 0. The molecule has 0 aromatic heterocycles. The fourth-order valence-electron chi connectivity index (χ4n) is 4.75. The zero-order chi connectivity index (χ0) is 23.8. The highest BCUT2D eigenvalue weighted by molar-refractivity contribution is 7.16. The molecule has 0 saturated heterocycles. The molecule has 1 aliphatic rings. The van der Waals surface area contributed by atoms with Gasteiger partial charge in [-0.05, 0) is 22.3 Å². The van der Waals surface area contributed by atoms with Crippen molar-refractivity contribution in [2.24, 2.45) is 0 Å². The Labute approximate surface area is 200 Å². The van der Waals surface area contributed by atoms with Crippen molar-refractivity contribution in [3.05, 3.63) is 144 Å². The van der Waals surface area contributed by atoms with Gasteiger partial charge in [0.25, 0.3) is 0 Å². The summed E-state index contributed by atoms with van der Waals surface area (Å²) in [7, 11) is -8.88. The molecule has 0 unspecified atom stereocenters. The largest absolute Gasteiger partial charge is 0.404 e. The van der Waals surface area contributed by atoms with Crippen molar-refractivity contribution >= 4 is 37.9 Å². The van der Waals surface area contributed by atoms with E-state index in [0.717, 1.165) is 0 Å². The molecule has 0 aliphatic carbocycles. The van der Waals surface area contributed by atoms with Crippen LogP contribution >= 0.6 is 0 Å². The third-order valence-electron chi connectivity index (χ3n) is 6.14. The van der Waals surface area contributed by atoms with Crippen LogP contribution in [-0.2, 0) is 0 Å². The van der Waals surface area contributed by atoms with Gasteiger partial charge in [-0.3, -0.25) is 0 Å². The summed E-state index contributed by atoms with van der Waals surface area (Å²) >= 11 is 0. The topological polar surface area (TPSA) is 80.9 Å². The van der Waals surface area contributed by atoms with E-state index >= 15 is 0 Å². The molecule has 0 saturated carbocycles. The summed E-state index contributed by atoms with van der Waals surface area (Å²) in [5.41, 5.74) is 2.27. The van der Waals surface area contributed by atoms with Gasteiger partial charge in [0, 0.05) is 20.8 Å². The first-order chi connectivity index (χ1) is 16.4. The smallest absolute Gasteiger partial charge is 0.403 e. The highest BCUT2D eigenvalue weighted by Crippen LogP contribution is 2.51. The molecule has 4 N–H and O–H groups in total. The molecular formula is C28H24O4Si2. The van der Waals surface area contributed by atoms with Crippen LogP contribution in [0.15, 0.2) is 121 Å². The van der Waals surface area contributed by atoms with Gasteiger partial charge in [0.15, 0.2) is 0 Å². The molecule has 34 heavy (non-hydrogen) atoms. The summed E-state index contributed by atoms with van der Waals surface area (Å²) in [5.74, 6) is 0. The molecule has 0 spiro atoms. The van der Waals surface area contributed by atoms with Crippen LogP contribution in [0.3, 0.4) is 0 Å². The van der Waals surface area contributed by atoms with E-state index < -0.39 is 17.1 Å².